The average Bonchev–Trinajstić information content (AvgIpc) is 3.40. The van der Waals surface area contributed by atoms with Gasteiger partial charge in [0.2, 0.25) is 0 Å². The highest BCUT2D eigenvalue weighted by Gasteiger charge is 2.51. The van der Waals surface area contributed by atoms with Crippen LogP contribution in [-0.2, 0) is 17.8 Å². The summed E-state index contributed by atoms with van der Waals surface area (Å²) in [5.41, 5.74) is 3.33. The Morgan fingerprint density at radius 1 is 1.15 bits per heavy atom. The van der Waals surface area contributed by atoms with Gasteiger partial charge in [0.05, 0.1) is 31.2 Å². The van der Waals surface area contributed by atoms with Crippen molar-refractivity contribution >= 4 is 17.6 Å². The molecule has 3 amide bonds. The van der Waals surface area contributed by atoms with E-state index in [1.54, 1.807) is 42.9 Å². The minimum absolute atomic E-state index is 0.268. The lowest BCUT2D eigenvalue weighted by Crippen LogP contribution is -2.45. The molecule has 0 unspecified atom stereocenters. The second kappa shape index (κ2) is 8.38. The van der Waals surface area contributed by atoms with Crippen LogP contribution in [0.4, 0.5) is 10.5 Å². The zero-order valence-electron chi connectivity index (χ0n) is 19.9. The molecule has 3 heterocycles. The van der Waals surface area contributed by atoms with Crippen molar-refractivity contribution in [2.75, 3.05) is 18.6 Å². The van der Waals surface area contributed by atoms with Gasteiger partial charge in [0, 0.05) is 18.3 Å². The lowest BCUT2D eigenvalue weighted by Gasteiger charge is -2.27. The van der Waals surface area contributed by atoms with Crippen molar-refractivity contribution < 1.29 is 18.8 Å². The Balaban J connectivity index is 1.51. The predicted octanol–water partition coefficient (Wildman–Crippen LogP) is 3.64. The van der Waals surface area contributed by atoms with Crippen LogP contribution in [0.5, 0.6) is 5.75 Å². The Hall–Kier alpha value is -3.62. The smallest absolute Gasteiger partial charge is 0.332 e. The van der Waals surface area contributed by atoms with E-state index in [4.69, 9.17) is 9.26 Å². The van der Waals surface area contributed by atoms with E-state index in [1.807, 2.05) is 39.0 Å². The van der Waals surface area contributed by atoms with Crippen LogP contribution in [0.3, 0.4) is 0 Å². The van der Waals surface area contributed by atoms with E-state index >= 15 is 0 Å². The van der Waals surface area contributed by atoms with Gasteiger partial charge in [-0.15, -0.1) is 0 Å². The number of methoxy groups -OCH3 is 1. The number of aromatic nitrogens is 3. The van der Waals surface area contributed by atoms with Crippen molar-refractivity contribution in [1.29, 1.82) is 0 Å². The summed E-state index contributed by atoms with van der Waals surface area (Å²) in [5.74, 6) is 1.28. The van der Waals surface area contributed by atoms with E-state index in [0.717, 1.165) is 33.9 Å². The highest BCUT2D eigenvalue weighted by atomic mass is 16.5. The number of aryl methyl sites for hydroxylation is 3. The molecule has 0 bridgehead atoms. The third kappa shape index (κ3) is 3.99. The summed E-state index contributed by atoms with van der Waals surface area (Å²) in [4.78, 5) is 29.4. The summed E-state index contributed by atoms with van der Waals surface area (Å²) in [7, 11) is 1.64. The molecule has 0 saturated carbocycles. The Morgan fingerprint density at radius 2 is 1.91 bits per heavy atom. The molecule has 2 aromatic heterocycles. The van der Waals surface area contributed by atoms with Gasteiger partial charge in [-0.3, -0.25) is 9.48 Å². The summed E-state index contributed by atoms with van der Waals surface area (Å²) in [6.07, 6.45) is 3.88. The molecule has 1 aliphatic heterocycles. The van der Waals surface area contributed by atoms with Crippen molar-refractivity contribution in [1.82, 2.24) is 19.8 Å². The Labute approximate surface area is 192 Å². The SMILES string of the molecule is COc1ccc(CCN2C(=O)N(c3cnn(Cc4c(C)noc4C)c3)C(=O)C2(C)C)cc1C. The fraction of sp³-hybridized carbons (Fsp3) is 0.417. The van der Waals surface area contributed by atoms with E-state index in [0.29, 0.717) is 25.2 Å². The van der Waals surface area contributed by atoms with Crippen molar-refractivity contribution in [3.63, 3.8) is 0 Å². The van der Waals surface area contributed by atoms with Gasteiger partial charge in [-0.2, -0.15) is 5.10 Å². The molecule has 9 heteroatoms. The van der Waals surface area contributed by atoms with Crippen LogP contribution in [0.15, 0.2) is 35.1 Å². The molecule has 4 rings (SSSR count). The summed E-state index contributed by atoms with van der Waals surface area (Å²) in [5, 5.41) is 8.31. The topological polar surface area (TPSA) is 93.7 Å². The average molecular weight is 452 g/mol. The number of carbonyl (C=O) groups excluding carboxylic acids is 2. The molecule has 33 heavy (non-hydrogen) atoms. The maximum absolute atomic E-state index is 13.3. The Morgan fingerprint density at radius 3 is 2.55 bits per heavy atom. The van der Waals surface area contributed by atoms with E-state index in [9.17, 15) is 9.59 Å². The van der Waals surface area contributed by atoms with Gasteiger partial charge >= 0.3 is 6.03 Å². The van der Waals surface area contributed by atoms with Crippen LogP contribution >= 0.6 is 0 Å². The fourth-order valence-corrected chi connectivity index (χ4v) is 4.22. The first-order valence-corrected chi connectivity index (χ1v) is 10.9. The number of imide groups is 1. The highest BCUT2D eigenvalue weighted by molar-refractivity contribution is 6.22. The molecule has 0 spiro atoms. The lowest BCUT2D eigenvalue weighted by molar-refractivity contribution is -0.123. The predicted molar refractivity (Wildman–Crippen MR) is 122 cm³/mol. The largest absolute Gasteiger partial charge is 0.496 e. The number of amides is 3. The molecular weight excluding hydrogens is 422 g/mol. The number of anilines is 1. The van der Waals surface area contributed by atoms with Gasteiger partial charge in [-0.25, -0.2) is 9.69 Å². The first-order chi connectivity index (χ1) is 15.6. The lowest BCUT2D eigenvalue weighted by atomic mass is 10.0. The van der Waals surface area contributed by atoms with Gasteiger partial charge in [-0.05, 0) is 58.2 Å². The molecule has 1 aromatic carbocycles. The van der Waals surface area contributed by atoms with Crippen molar-refractivity contribution in [3.05, 3.63) is 58.7 Å². The van der Waals surface area contributed by atoms with E-state index in [2.05, 4.69) is 10.3 Å². The molecule has 3 aromatic rings. The van der Waals surface area contributed by atoms with E-state index in [-0.39, 0.29) is 11.9 Å². The Bertz CT molecular complexity index is 1190. The van der Waals surface area contributed by atoms with Crippen LogP contribution in [-0.4, -0.2) is 51.0 Å². The third-order valence-corrected chi connectivity index (χ3v) is 6.29. The number of urea groups is 1. The molecular formula is C24H29N5O4. The van der Waals surface area contributed by atoms with Crippen LogP contribution in [0.1, 0.15) is 42.0 Å². The van der Waals surface area contributed by atoms with Crippen LogP contribution in [0.25, 0.3) is 0 Å². The van der Waals surface area contributed by atoms with Gasteiger partial charge in [0.15, 0.2) is 0 Å². The summed E-state index contributed by atoms with van der Waals surface area (Å²) < 4.78 is 12.2. The number of rotatable bonds is 7. The fourth-order valence-electron chi connectivity index (χ4n) is 4.22. The zero-order valence-corrected chi connectivity index (χ0v) is 19.9. The second-order valence-corrected chi connectivity index (χ2v) is 8.89. The van der Waals surface area contributed by atoms with Crippen molar-refractivity contribution in [3.8, 4) is 5.75 Å². The highest BCUT2D eigenvalue weighted by Crippen LogP contribution is 2.32. The standard InChI is InChI=1S/C24H29N5O4/c1-15-11-18(7-8-21(15)32-6)9-10-28-23(31)29(22(30)24(28,4)5)19-12-25-27(13-19)14-20-16(2)26-33-17(20)3/h7-8,11-13H,9-10,14H2,1-6H3. The number of benzene rings is 1. The van der Waals surface area contributed by atoms with Gasteiger partial charge < -0.3 is 14.2 Å². The first-order valence-electron chi connectivity index (χ1n) is 10.9. The minimum atomic E-state index is -0.956. The van der Waals surface area contributed by atoms with Crippen LogP contribution < -0.4 is 9.64 Å². The molecule has 1 saturated heterocycles. The van der Waals surface area contributed by atoms with Gasteiger partial charge in [0.1, 0.15) is 17.0 Å². The summed E-state index contributed by atoms with van der Waals surface area (Å²) >= 11 is 0. The molecule has 0 N–H and O–H groups in total. The molecule has 0 atom stereocenters. The van der Waals surface area contributed by atoms with Gasteiger partial charge in [-0.1, -0.05) is 17.3 Å². The normalized spacial score (nSPS) is 15.6. The summed E-state index contributed by atoms with van der Waals surface area (Å²) in [6, 6.07) is 5.61. The minimum Gasteiger partial charge on any atom is -0.496 e. The number of hydrogen-bond acceptors (Lipinski definition) is 6. The monoisotopic (exact) mass is 451 g/mol. The van der Waals surface area contributed by atoms with E-state index in [1.165, 1.54) is 4.90 Å². The van der Waals surface area contributed by atoms with Crippen molar-refractivity contribution in [2.45, 2.75) is 53.1 Å². The van der Waals surface area contributed by atoms with Gasteiger partial charge in [0.25, 0.3) is 5.91 Å². The quantitative estimate of drug-likeness (QED) is 0.509. The van der Waals surface area contributed by atoms with Crippen molar-refractivity contribution in [2.24, 2.45) is 0 Å². The number of ether oxygens (including phenoxy) is 1. The maximum Gasteiger partial charge on any atom is 0.332 e. The molecule has 1 aliphatic rings. The van der Waals surface area contributed by atoms with Crippen LogP contribution in [0, 0.1) is 20.8 Å². The van der Waals surface area contributed by atoms with Crippen LogP contribution in [0.2, 0.25) is 0 Å². The molecule has 174 valence electrons. The molecule has 1 fully saturated rings. The Kier molecular flexibility index (Phi) is 5.73. The zero-order chi connectivity index (χ0) is 23.9. The summed E-state index contributed by atoms with van der Waals surface area (Å²) in [6.45, 7) is 10.1. The molecule has 9 nitrogen and oxygen atoms in total. The second-order valence-electron chi connectivity index (χ2n) is 8.89. The number of nitrogens with zero attached hydrogens (tertiary/aromatic N) is 5. The first kappa shape index (κ1) is 22.6. The maximum atomic E-state index is 13.3. The molecule has 0 aliphatic carbocycles. The third-order valence-electron chi connectivity index (χ3n) is 6.29. The number of carbonyl (C=O) groups is 2. The van der Waals surface area contributed by atoms with E-state index < -0.39 is 5.54 Å². The number of hydrogen-bond donors (Lipinski definition) is 0. The molecule has 0 radical (unpaired) electrons.